The minimum atomic E-state index is -3.69. The van der Waals surface area contributed by atoms with Crippen LogP contribution in [-0.4, -0.2) is 29.6 Å². The maximum absolute atomic E-state index is 13.1. The summed E-state index contributed by atoms with van der Waals surface area (Å²) in [6.45, 7) is 0. The van der Waals surface area contributed by atoms with Crippen LogP contribution in [0.2, 0.25) is 5.02 Å². The molecule has 1 atom stereocenters. The van der Waals surface area contributed by atoms with E-state index in [4.69, 9.17) is 11.6 Å². The van der Waals surface area contributed by atoms with Gasteiger partial charge in [-0.3, -0.25) is 5.10 Å². The van der Waals surface area contributed by atoms with Gasteiger partial charge in [0.15, 0.2) is 5.65 Å². The Balaban J connectivity index is 1.47. The Hall–Kier alpha value is -2.48. The van der Waals surface area contributed by atoms with E-state index in [1.54, 1.807) is 36.5 Å². The summed E-state index contributed by atoms with van der Waals surface area (Å²) in [4.78, 5) is 4.64. The molecule has 0 aliphatic heterocycles. The first-order valence-corrected chi connectivity index (χ1v) is 10.9. The standard InChI is InChI=1S/C20H17ClN4O2S/c21-18-5-1-4-16-15(18)3-2-6-19(16)28(26,27)25-13-7-8-14-12(9-13)10-22-20-17(14)11-23-24-20/h1-6,10-11,13,25H,7-9H2,(H,22,23,24). The number of pyridine rings is 1. The highest BCUT2D eigenvalue weighted by molar-refractivity contribution is 7.89. The molecule has 2 aromatic carbocycles. The largest absolute Gasteiger partial charge is 0.261 e. The molecule has 0 radical (unpaired) electrons. The Morgan fingerprint density at radius 1 is 1.07 bits per heavy atom. The average molecular weight is 413 g/mol. The zero-order valence-electron chi connectivity index (χ0n) is 14.8. The molecule has 8 heteroatoms. The van der Waals surface area contributed by atoms with E-state index in [2.05, 4.69) is 19.9 Å². The number of hydrogen-bond donors (Lipinski definition) is 2. The van der Waals surface area contributed by atoms with E-state index in [-0.39, 0.29) is 10.9 Å². The third-order valence-corrected chi connectivity index (χ3v) is 7.24. The molecule has 0 spiro atoms. The van der Waals surface area contributed by atoms with E-state index in [1.807, 2.05) is 12.3 Å². The molecule has 2 N–H and O–H groups in total. The monoisotopic (exact) mass is 412 g/mol. The molecule has 1 unspecified atom stereocenters. The number of sulfonamides is 1. The maximum atomic E-state index is 13.1. The van der Waals surface area contributed by atoms with Crippen molar-refractivity contribution in [3.8, 4) is 0 Å². The number of aromatic nitrogens is 3. The molecule has 2 aromatic heterocycles. The van der Waals surface area contributed by atoms with Gasteiger partial charge in [0.1, 0.15) is 0 Å². The second-order valence-electron chi connectivity index (χ2n) is 7.05. The third kappa shape index (κ3) is 2.87. The second kappa shape index (κ2) is 6.55. The van der Waals surface area contributed by atoms with Crippen LogP contribution in [0.4, 0.5) is 0 Å². The maximum Gasteiger partial charge on any atom is 0.241 e. The molecule has 142 valence electrons. The highest BCUT2D eigenvalue weighted by Gasteiger charge is 2.27. The molecule has 0 fully saturated rings. The van der Waals surface area contributed by atoms with Crippen molar-refractivity contribution in [2.45, 2.75) is 30.2 Å². The lowest BCUT2D eigenvalue weighted by Crippen LogP contribution is -2.39. The third-order valence-electron chi connectivity index (χ3n) is 5.33. The number of benzene rings is 2. The molecule has 6 nitrogen and oxygen atoms in total. The zero-order chi connectivity index (χ0) is 19.3. The first-order chi connectivity index (χ1) is 13.5. The van der Waals surface area contributed by atoms with Crippen LogP contribution in [0.3, 0.4) is 0 Å². The van der Waals surface area contributed by atoms with Crippen LogP contribution in [0.5, 0.6) is 0 Å². The predicted octanol–water partition coefficient (Wildman–Crippen LogP) is 3.60. The molecule has 1 aliphatic carbocycles. The van der Waals surface area contributed by atoms with Crippen LogP contribution >= 0.6 is 11.6 Å². The van der Waals surface area contributed by atoms with E-state index < -0.39 is 10.0 Å². The molecular formula is C20H17ClN4O2S. The Morgan fingerprint density at radius 3 is 2.79 bits per heavy atom. The normalized spacial score (nSPS) is 17.1. The van der Waals surface area contributed by atoms with Gasteiger partial charge in [-0.2, -0.15) is 5.10 Å². The lowest BCUT2D eigenvalue weighted by Gasteiger charge is -2.25. The highest BCUT2D eigenvalue weighted by Crippen LogP contribution is 2.30. The van der Waals surface area contributed by atoms with Gasteiger partial charge in [-0.1, -0.05) is 35.9 Å². The average Bonchev–Trinajstić information content (AvgIpc) is 3.16. The van der Waals surface area contributed by atoms with Crippen molar-refractivity contribution in [2.24, 2.45) is 0 Å². The number of nitrogens with one attached hydrogen (secondary N) is 2. The van der Waals surface area contributed by atoms with Crippen molar-refractivity contribution in [1.29, 1.82) is 0 Å². The van der Waals surface area contributed by atoms with Gasteiger partial charge in [0.25, 0.3) is 0 Å². The minimum Gasteiger partial charge on any atom is -0.261 e. The van der Waals surface area contributed by atoms with Crippen LogP contribution in [0, 0.1) is 0 Å². The summed E-state index contributed by atoms with van der Waals surface area (Å²) >= 11 is 6.24. The topological polar surface area (TPSA) is 87.7 Å². The first-order valence-electron chi connectivity index (χ1n) is 9.02. The van der Waals surface area contributed by atoms with Crippen molar-refractivity contribution in [1.82, 2.24) is 19.9 Å². The van der Waals surface area contributed by atoms with E-state index in [0.717, 1.165) is 34.8 Å². The first kappa shape index (κ1) is 17.6. The van der Waals surface area contributed by atoms with Crippen molar-refractivity contribution in [3.05, 3.63) is 64.9 Å². The van der Waals surface area contributed by atoms with Crippen LogP contribution in [-0.2, 0) is 22.9 Å². The highest BCUT2D eigenvalue weighted by atomic mass is 35.5. The van der Waals surface area contributed by atoms with Crippen molar-refractivity contribution in [3.63, 3.8) is 0 Å². The van der Waals surface area contributed by atoms with Gasteiger partial charge in [0, 0.05) is 33.4 Å². The fourth-order valence-electron chi connectivity index (χ4n) is 4.01. The van der Waals surface area contributed by atoms with Gasteiger partial charge >= 0.3 is 0 Å². The number of H-pyrrole nitrogens is 1. The molecule has 28 heavy (non-hydrogen) atoms. The number of aromatic amines is 1. The fraction of sp³-hybridized carbons (Fsp3) is 0.200. The van der Waals surface area contributed by atoms with Gasteiger partial charge in [0.05, 0.1) is 11.1 Å². The number of aryl methyl sites for hydroxylation is 1. The van der Waals surface area contributed by atoms with Crippen LogP contribution in [0.15, 0.2) is 53.7 Å². The van der Waals surface area contributed by atoms with Gasteiger partial charge in [0.2, 0.25) is 10.0 Å². The number of nitrogens with zero attached hydrogens (tertiary/aromatic N) is 2. The molecule has 4 aromatic rings. The summed E-state index contributed by atoms with van der Waals surface area (Å²) in [6.07, 6.45) is 5.71. The Morgan fingerprint density at radius 2 is 1.89 bits per heavy atom. The number of hydrogen-bond acceptors (Lipinski definition) is 4. The zero-order valence-corrected chi connectivity index (χ0v) is 16.4. The fourth-order valence-corrected chi connectivity index (χ4v) is 5.74. The SMILES string of the molecule is O=S(=O)(NC1CCc2c(cnc3[nH]ncc23)C1)c1cccc2c(Cl)cccc12. The van der Waals surface area contributed by atoms with Crippen LogP contribution in [0.1, 0.15) is 17.5 Å². The number of fused-ring (bicyclic) bond motifs is 4. The molecule has 0 saturated carbocycles. The van der Waals surface area contributed by atoms with E-state index >= 15 is 0 Å². The van der Waals surface area contributed by atoms with Crippen LogP contribution < -0.4 is 4.72 Å². The van der Waals surface area contributed by atoms with Crippen molar-refractivity contribution in [2.75, 3.05) is 0 Å². The molecule has 0 amide bonds. The van der Waals surface area contributed by atoms with Gasteiger partial charge in [-0.05, 0) is 42.5 Å². The number of halogens is 1. The Bertz CT molecular complexity index is 1320. The van der Waals surface area contributed by atoms with Crippen molar-refractivity contribution >= 4 is 43.4 Å². The quantitative estimate of drug-likeness (QED) is 0.538. The van der Waals surface area contributed by atoms with Gasteiger partial charge < -0.3 is 0 Å². The number of rotatable bonds is 3. The smallest absolute Gasteiger partial charge is 0.241 e. The molecule has 0 bridgehead atoms. The van der Waals surface area contributed by atoms with Gasteiger partial charge in [-0.25, -0.2) is 18.1 Å². The Kier molecular flexibility index (Phi) is 4.12. The predicted molar refractivity (Wildman–Crippen MR) is 109 cm³/mol. The Labute approximate surface area is 167 Å². The van der Waals surface area contributed by atoms with E-state index in [9.17, 15) is 8.42 Å². The second-order valence-corrected chi connectivity index (χ2v) is 9.14. The lowest BCUT2D eigenvalue weighted by molar-refractivity contribution is 0.508. The molecule has 1 aliphatic rings. The van der Waals surface area contributed by atoms with Crippen molar-refractivity contribution < 1.29 is 8.42 Å². The van der Waals surface area contributed by atoms with E-state index in [1.165, 1.54) is 5.56 Å². The summed E-state index contributed by atoms with van der Waals surface area (Å²) < 4.78 is 29.1. The molecule has 2 heterocycles. The summed E-state index contributed by atoms with van der Waals surface area (Å²) in [5, 5.41) is 9.84. The van der Waals surface area contributed by atoms with Crippen LogP contribution in [0.25, 0.3) is 21.8 Å². The molecule has 5 rings (SSSR count). The summed E-state index contributed by atoms with van der Waals surface area (Å²) in [5.41, 5.74) is 3.03. The lowest BCUT2D eigenvalue weighted by atomic mass is 9.88. The summed E-state index contributed by atoms with van der Waals surface area (Å²) in [7, 11) is -3.69. The molecule has 0 saturated heterocycles. The minimum absolute atomic E-state index is 0.182. The summed E-state index contributed by atoms with van der Waals surface area (Å²) in [6, 6.07) is 10.3. The van der Waals surface area contributed by atoms with E-state index in [0.29, 0.717) is 16.8 Å². The summed E-state index contributed by atoms with van der Waals surface area (Å²) in [5.74, 6) is 0. The molecular weight excluding hydrogens is 396 g/mol. The van der Waals surface area contributed by atoms with Gasteiger partial charge in [-0.15, -0.1) is 0 Å².